The maximum atomic E-state index is 8.81. The number of hydrogen-bond acceptors (Lipinski definition) is 3. The molecule has 0 aliphatic carbocycles. The third kappa shape index (κ3) is 3.03. The highest BCUT2D eigenvalue weighted by atomic mass is 14.9. The van der Waals surface area contributed by atoms with E-state index in [0.29, 0.717) is 11.7 Å². The van der Waals surface area contributed by atoms with E-state index < -0.39 is 0 Å². The van der Waals surface area contributed by atoms with Gasteiger partial charge < -0.3 is 0 Å². The average molecular weight is 265 g/mol. The number of aryl methyl sites for hydroxylation is 2. The fourth-order valence-electron chi connectivity index (χ4n) is 2.19. The van der Waals surface area contributed by atoms with Gasteiger partial charge in [-0.25, -0.2) is 9.97 Å². The van der Waals surface area contributed by atoms with Crippen LogP contribution in [0.25, 0.3) is 11.3 Å². The molecular formula is C17H19N3. The normalized spacial score (nSPS) is 10.6. The molecule has 1 aromatic heterocycles. The summed E-state index contributed by atoms with van der Waals surface area (Å²) in [6.45, 7) is 8.39. The highest BCUT2D eigenvalue weighted by Crippen LogP contribution is 2.26. The van der Waals surface area contributed by atoms with Gasteiger partial charge in [0.15, 0.2) is 0 Å². The van der Waals surface area contributed by atoms with Crippen LogP contribution < -0.4 is 0 Å². The van der Waals surface area contributed by atoms with Crippen molar-refractivity contribution < 1.29 is 0 Å². The molecule has 0 spiro atoms. The topological polar surface area (TPSA) is 49.6 Å². The van der Waals surface area contributed by atoms with Crippen LogP contribution in [-0.4, -0.2) is 9.97 Å². The lowest BCUT2D eigenvalue weighted by atomic mass is 9.96. The van der Waals surface area contributed by atoms with Crippen LogP contribution in [0.1, 0.15) is 42.4 Å². The second-order valence-electron chi connectivity index (χ2n) is 5.37. The van der Waals surface area contributed by atoms with Gasteiger partial charge in [-0.1, -0.05) is 26.0 Å². The van der Waals surface area contributed by atoms with Crippen LogP contribution in [0.15, 0.2) is 24.3 Å². The summed E-state index contributed by atoms with van der Waals surface area (Å²) in [6.07, 6.45) is 0.248. The maximum absolute atomic E-state index is 8.81. The number of aromatic nitrogens is 2. The Labute approximate surface area is 120 Å². The van der Waals surface area contributed by atoms with E-state index in [1.807, 2.05) is 13.0 Å². The summed E-state index contributed by atoms with van der Waals surface area (Å²) >= 11 is 0. The summed E-state index contributed by atoms with van der Waals surface area (Å²) in [5.41, 5.74) is 5.41. The van der Waals surface area contributed by atoms with Crippen LogP contribution in [0.3, 0.4) is 0 Å². The fourth-order valence-corrected chi connectivity index (χ4v) is 2.19. The van der Waals surface area contributed by atoms with Gasteiger partial charge in [0.1, 0.15) is 5.82 Å². The Balaban J connectivity index is 2.56. The largest absolute Gasteiger partial charge is 0.237 e. The average Bonchev–Trinajstić information content (AvgIpc) is 2.38. The molecule has 0 atom stereocenters. The van der Waals surface area contributed by atoms with E-state index in [0.717, 1.165) is 17.0 Å². The minimum Gasteiger partial charge on any atom is -0.237 e. The minimum atomic E-state index is 0.248. The molecule has 1 aromatic carbocycles. The smallest absolute Gasteiger partial charge is 0.143 e. The molecule has 0 saturated heterocycles. The van der Waals surface area contributed by atoms with E-state index in [9.17, 15) is 0 Å². The molecule has 0 amide bonds. The first-order chi connectivity index (χ1) is 9.51. The molecule has 0 saturated carbocycles. The summed E-state index contributed by atoms with van der Waals surface area (Å²) in [5, 5.41) is 8.81. The van der Waals surface area contributed by atoms with E-state index in [2.05, 4.69) is 55.0 Å². The zero-order chi connectivity index (χ0) is 14.7. The van der Waals surface area contributed by atoms with Crippen molar-refractivity contribution in [3.63, 3.8) is 0 Å². The monoisotopic (exact) mass is 265 g/mol. The lowest BCUT2D eigenvalue weighted by molar-refractivity contribution is 0.866. The van der Waals surface area contributed by atoms with Gasteiger partial charge in [0, 0.05) is 11.3 Å². The SMILES string of the molecule is Cc1cc(-c2cc(C(C)C)ccc2C)nc(CC#N)n1. The van der Waals surface area contributed by atoms with Crippen LogP contribution in [-0.2, 0) is 6.42 Å². The van der Waals surface area contributed by atoms with Gasteiger partial charge in [-0.15, -0.1) is 0 Å². The zero-order valence-corrected chi connectivity index (χ0v) is 12.4. The zero-order valence-electron chi connectivity index (χ0n) is 12.4. The molecule has 2 aromatic rings. The number of nitriles is 1. The molecule has 0 radical (unpaired) electrons. The summed E-state index contributed by atoms with van der Waals surface area (Å²) < 4.78 is 0. The third-order valence-electron chi connectivity index (χ3n) is 3.34. The molecule has 3 heteroatoms. The first-order valence-electron chi connectivity index (χ1n) is 6.83. The van der Waals surface area contributed by atoms with Crippen molar-refractivity contribution in [2.24, 2.45) is 0 Å². The van der Waals surface area contributed by atoms with Crippen LogP contribution in [0.5, 0.6) is 0 Å². The van der Waals surface area contributed by atoms with Gasteiger partial charge in [0.05, 0.1) is 18.2 Å². The Kier molecular flexibility index (Phi) is 4.14. The van der Waals surface area contributed by atoms with Crippen LogP contribution in [0.4, 0.5) is 0 Å². The predicted octanol–water partition coefficient (Wildman–Crippen LogP) is 3.95. The molecule has 2 rings (SSSR count). The second kappa shape index (κ2) is 5.83. The number of nitrogens with zero attached hydrogens (tertiary/aromatic N) is 3. The van der Waals surface area contributed by atoms with Gasteiger partial charge >= 0.3 is 0 Å². The predicted molar refractivity (Wildman–Crippen MR) is 80.3 cm³/mol. The van der Waals surface area contributed by atoms with Crippen molar-refractivity contribution in [1.82, 2.24) is 9.97 Å². The highest BCUT2D eigenvalue weighted by Gasteiger charge is 2.09. The number of benzene rings is 1. The van der Waals surface area contributed by atoms with Crippen molar-refractivity contribution in [3.8, 4) is 17.3 Å². The van der Waals surface area contributed by atoms with Crippen LogP contribution in [0, 0.1) is 25.2 Å². The van der Waals surface area contributed by atoms with E-state index in [1.165, 1.54) is 11.1 Å². The Hall–Kier alpha value is -2.21. The molecule has 0 bridgehead atoms. The van der Waals surface area contributed by atoms with Crippen molar-refractivity contribution in [1.29, 1.82) is 5.26 Å². The summed E-state index contributed by atoms with van der Waals surface area (Å²) in [5.74, 6) is 1.08. The quantitative estimate of drug-likeness (QED) is 0.844. The molecule has 0 aliphatic heterocycles. The van der Waals surface area contributed by atoms with Crippen LogP contribution in [0.2, 0.25) is 0 Å². The van der Waals surface area contributed by atoms with Crippen molar-refractivity contribution >= 4 is 0 Å². The van der Waals surface area contributed by atoms with Crippen molar-refractivity contribution in [2.75, 3.05) is 0 Å². The van der Waals surface area contributed by atoms with Gasteiger partial charge in [-0.05, 0) is 43.0 Å². The summed E-state index contributed by atoms with van der Waals surface area (Å²) in [6, 6.07) is 10.6. The first-order valence-corrected chi connectivity index (χ1v) is 6.83. The van der Waals surface area contributed by atoms with Gasteiger partial charge in [-0.2, -0.15) is 5.26 Å². The molecule has 3 nitrogen and oxygen atoms in total. The Bertz CT molecular complexity index is 666. The van der Waals surface area contributed by atoms with Gasteiger partial charge in [-0.3, -0.25) is 0 Å². The van der Waals surface area contributed by atoms with E-state index in [1.54, 1.807) is 0 Å². The highest BCUT2D eigenvalue weighted by molar-refractivity contribution is 5.65. The summed E-state index contributed by atoms with van der Waals surface area (Å²) in [4.78, 5) is 8.82. The van der Waals surface area contributed by atoms with E-state index >= 15 is 0 Å². The molecule has 0 aliphatic rings. The van der Waals surface area contributed by atoms with Gasteiger partial charge in [0.25, 0.3) is 0 Å². The number of rotatable bonds is 3. The molecule has 20 heavy (non-hydrogen) atoms. The maximum Gasteiger partial charge on any atom is 0.143 e. The molecular weight excluding hydrogens is 246 g/mol. The second-order valence-corrected chi connectivity index (χ2v) is 5.37. The minimum absolute atomic E-state index is 0.248. The van der Waals surface area contributed by atoms with Gasteiger partial charge in [0.2, 0.25) is 0 Å². The lowest BCUT2D eigenvalue weighted by Gasteiger charge is -2.12. The molecule has 102 valence electrons. The Morgan fingerprint density at radius 1 is 1.15 bits per heavy atom. The van der Waals surface area contributed by atoms with Crippen molar-refractivity contribution in [3.05, 3.63) is 46.9 Å². The fraction of sp³-hybridized carbons (Fsp3) is 0.353. The molecule has 0 fully saturated rings. The van der Waals surface area contributed by atoms with Crippen molar-refractivity contribution in [2.45, 2.75) is 40.0 Å². The van der Waals surface area contributed by atoms with E-state index in [4.69, 9.17) is 5.26 Å². The standard InChI is InChI=1S/C17H19N3/c1-11(2)14-6-5-12(3)15(10-14)16-9-13(4)19-17(20-16)7-8-18/h5-6,9-11H,7H2,1-4H3. The third-order valence-corrected chi connectivity index (χ3v) is 3.34. The number of hydrogen-bond donors (Lipinski definition) is 0. The van der Waals surface area contributed by atoms with E-state index in [-0.39, 0.29) is 6.42 Å². The first kappa shape index (κ1) is 14.2. The Morgan fingerprint density at radius 3 is 2.55 bits per heavy atom. The molecule has 0 unspecified atom stereocenters. The molecule has 1 heterocycles. The summed E-state index contributed by atoms with van der Waals surface area (Å²) in [7, 11) is 0. The van der Waals surface area contributed by atoms with Crippen LogP contribution >= 0.6 is 0 Å². The Morgan fingerprint density at radius 2 is 1.90 bits per heavy atom. The molecule has 0 N–H and O–H groups in total. The lowest BCUT2D eigenvalue weighted by Crippen LogP contribution is -2.00.